The van der Waals surface area contributed by atoms with Crippen molar-refractivity contribution in [2.75, 3.05) is 11.9 Å². The third-order valence-corrected chi connectivity index (χ3v) is 3.69. The summed E-state index contributed by atoms with van der Waals surface area (Å²) in [5.74, 6) is -0.857. The van der Waals surface area contributed by atoms with Crippen molar-refractivity contribution < 1.29 is 14.3 Å². The standard InChI is InChI=1S/C17H22BrNO3/c1-2-3-4-5-8-13-22-17(21)12-11-16(20)19-15-10-7-6-9-14(15)18/h6-7,9-12H,2-5,8,13H2,1H3,(H,19,20)/b12-11+. The number of hydrogen-bond acceptors (Lipinski definition) is 3. The van der Waals surface area contributed by atoms with E-state index in [0.717, 1.165) is 29.8 Å². The zero-order valence-electron chi connectivity index (χ0n) is 12.8. The number of anilines is 1. The number of nitrogens with one attached hydrogen (secondary N) is 1. The summed E-state index contributed by atoms with van der Waals surface area (Å²) in [6, 6.07) is 7.26. The lowest BCUT2D eigenvalue weighted by molar-refractivity contribution is -0.138. The first-order valence-electron chi connectivity index (χ1n) is 7.54. The molecular weight excluding hydrogens is 346 g/mol. The van der Waals surface area contributed by atoms with Crippen molar-refractivity contribution in [3.05, 3.63) is 40.9 Å². The van der Waals surface area contributed by atoms with Crippen LogP contribution in [-0.4, -0.2) is 18.5 Å². The Kier molecular flexibility index (Phi) is 9.23. The van der Waals surface area contributed by atoms with E-state index in [2.05, 4.69) is 28.2 Å². The fourth-order valence-corrected chi connectivity index (χ4v) is 2.19. The summed E-state index contributed by atoms with van der Waals surface area (Å²) in [5, 5.41) is 2.68. The highest BCUT2D eigenvalue weighted by Gasteiger charge is 2.03. The molecule has 120 valence electrons. The van der Waals surface area contributed by atoms with Crippen molar-refractivity contribution in [3.63, 3.8) is 0 Å². The van der Waals surface area contributed by atoms with Gasteiger partial charge in [0.05, 0.1) is 12.3 Å². The summed E-state index contributed by atoms with van der Waals surface area (Å²) < 4.78 is 5.82. The number of halogens is 1. The second-order valence-corrected chi connectivity index (χ2v) is 5.74. The highest BCUT2D eigenvalue weighted by Crippen LogP contribution is 2.20. The molecule has 0 atom stereocenters. The van der Waals surface area contributed by atoms with Gasteiger partial charge in [-0.2, -0.15) is 0 Å². The number of para-hydroxylation sites is 1. The molecule has 0 aliphatic carbocycles. The van der Waals surface area contributed by atoms with E-state index in [-0.39, 0.29) is 5.91 Å². The van der Waals surface area contributed by atoms with Crippen LogP contribution in [0.4, 0.5) is 5.69 Å². The zero-order valence-corrected chi connectivity index (χ0v) is 14.4. The van der Waals surface area contributed by atoms with Crippen LogP contribution in [0.15, 0.2) is 40.9 Å². The minimum Gasteiger partial charge on any atom is -0.463 e. The Morgan fingerprint density at radius 3 is 2.59 bits per heavy atom. The van der Waals surface area contributed by atoms with Crippen LogP contribution in [0.1, 0.15) is 39.0 Å². The second-order valence-electron chi connectivity index (χ2n) is 4.88. The van der Waals surface area contributed by atoms with Crippen LogP contribution in [0.3, 0.4) is 0 Å². The van der Waals surface area contributed by atoms with E-state index in [1.807, 2.05) is 18.2 Å². The average Bonchev–Trinajstić information content (AvgIpc) is 2.51. The minimum absolute atomic E-state index is 0.369. The van der Waals surface area contributed by atoms with Crippen LogP contribution in [0.5, 0.6) is 0 Å². The van der Waals surface area contributed by atoms with Gasteiger partial charge in [-0.1, -0.05) is 44.7 Å². The predicted octanol–water partition coefficient (Wildman–Crippen LogP) is 4.46. The quantitative estimate of drug-likeness (QED) is 0.398. The van der Waals surface area contributed by atoms with E-state index in [1.54, 1.807) is 6.07 Å². The molecule has 5 heteroatoms. The molecule has 4 nitrogen and oxygen atoms in total. The molecule has 1 rings (SSSR count). The molecular formula is C17H22BrNO3. The maximum Gasteiger partial charge on any atom is 0.330 e. The molecule has 1 aromatic carbocycles. The van der Waals surface area contributed by atoms with Crippen molar-refractivity contribution in [1.82, 2.24) is 0 Å². The largest absolute Gasteiger partial charge is 0.463 e. The number of esters is 1. The maximum absolute atomic E-state index is 11.7. The van der Waals surface area contributed by atoms with E-state index in [9.17, 15) is 9.59 Å². The van der Waals surface area contributed by atoms with Crippen LogP contribution < -0.4 is 5.32 Å². The van der Waals surface area contributed by atoms with Crippen molar-refractivity contribution in [2.45, 2.75) is 39.0 Å². The second kappa shape index (κ2) is 11.0. The zero-order chi connectivity index (χ0) is 16.2. The first-order chi connectivity index (χ1) is 10.6. The summed E-state index contributed by atoms with van der Waals surface area (Å²) in [5.41, 5.74) is 0.654. The highest BCUT2D eigenvalue weighted by molar-refractivity contribution is 9.10. The van der Waals surface area contributed by atoms with Gasteiger partial charge >= 0.3 is 5.97 Å². The molecule has 1 aromatic rings. The van der Waals surface area contributed by atoms with Gasteiger partial charge in [0, 0.05) is 16.6 Å². The van der Waals surface area contributed by atoms with E-state index < -0.39 is 5.97 Å². The molecule has 0 aliphatic heterocycles. The van der Waals surface area contributed by atoms with Gasteiger partial charge in [0.1, 0.15) is 0 Å². The molecule has 0 bridgehead atoms. The van der Waals surface area contributed by atoms with Gasteiger partial charge in [-0.15, -0.1) is 0 Å². The van der Waals surface area contributed by atoms with Crippen LogP contribution >= 0.6 is 15.9 Å². The number of benzene rings is 1. The third-order valence-electron chi connectivity index (χ3n) is 2.99. The monoisotopic (exact) mass is 367 g/mol. The van der Waals surface area contributed by atoms with Crippen LogP contribution in [0.2, 0.25) is 0 Å². The summed E-state index contributed by atoms with van der Waals surface area (Å²) in [7, 11) is 0. The van der Waals surface area contributed by atoms with E-state index >= 15 is 0 Å². The van der Waals surface area contributed by atoms with Gasteiger partial charge in [-0.05, 0) is 34.5 Å². The van der Waals surface area contributed by atoms with Gasteiger partial charge in [-0.3, -0.25) is 4.79 Å². The molecule has 0 spiro atoms. The molecule has 0 heterocycles. The molecule has 0 aromatic heterocycles. The molecule has 0 unspecified atom stereocenters. The minimum atomic E-state index is -0.488. The normalized spacial score (nSPS) is 10.6. The number of unbranched alkanes of at least 4 members (excludes halogenated alkanes) is 4. The molecule has 0 aliphatic rings. The van der Waals surface area contributed by atoms with Crippen LogP contribution in [0, 0.1) is 0 Å². The Morgan fingerprint density at radius 2 is 1.86 bits per heavy atom. The summed E-state index contributed by atoms with van der Waals surface area (Å²) in [4.78, 5) is 23.1. The average molecular weight is 368 g/mol. The first-order valence-corrected chi connectivity index (χ1v) is 8.33. The Labute approximate surface area is 140 Å². The van der Waals surface area contributed by atoms with Crippen molar-refractivity contribution in [2.24, 2.45) is 0 Å². The number of hydrogen-bond donors (Lipinski definition) is 1. The summed E-state index contributed by atoms with van der Waals surface area (Å²) in [6.07, 6.45) is 7.82. The van der Waals surface area contributed by atoms with Gasteiger partial charge < -0.3 is 10.1 Å². The van der Waals surface area contributed by atoms with E-state index in [1.165, 1.54) is 18.9 Å². The van der Waals surface area contributed by atoms with Gasteiger partial charge in [0.2, 0.25) is 5.91 Å². The Bertz CT molecular complexity index is 514. The van der Waals surface area contributed by atoms with E-state index in [0.29, 0.717) is 12.3 Å². The molecule has 22 heavy (non-hydrogen) atoms. The predicted molar refractivity (Wildman–Crippen MR) is 91.6 cm³/mol. The lowest BCUT2D eigenvalue weighted by Gasteiger charge is -2.04. The molecule has 0 saturated carbocycles. The highest BCUT2D eigenvalue weighted by atomic mass is 79.9. The first kappa shape index (κ1) is 18.4. The molecule has 1 amide bonds. The number of rotatable bonds is 9. The SMILES string of the molecule is CCCCCCCOC(=O)/C=C/C(=O)Nc1ccccc1Br. The fraction of sp³-hybridized carbons (Fsp3) is 0.412. The Hall–Kier alpha value is -1.62. The van der Waals surface area contributed by atoms with Crippen LogP contribution in [0.25, 0.3) is 0 Å². The number of carbonyl (C=O) groups is 2. The van der Waals surface area contributed by atoms with E-state index in [4.69, 9.17) is 4.74 Å². The molecule has 0 radical (unpaired) electrons. The topological polar surface area (TPSA) is 55.4 Å². The summed E-state index contributed by atoms with van der Waals surface area (Å²) >= 11 is 3.33. The fourth-order valence-electron chi connectivity index (χ4n) is 1.81. The smallest absolute Gasteiger partial charge is 0.330 e. The number of carbonyl (C=O) groups excluding carboxylic acids is 2. The molecule has 0 saturated heterocycles. The maximum atomic E-state index is 11.7. The third kappa shape index (κ3) is 7.98. The molecule has 0 fully saturated rings. The summed E-state index contributed by atoms with van der Waals surface area (Å²) in [6.45, 7) is 2.56. The van der Waals surface area contributed by atoms with Crippen molar-refractivity contribution in [3.8, 4) is 0 Å². The Balaban J connectivity index is 2.24. The van der Waals surface area contributed by atoms with Crippen molar-refractivity contribution in [1.29, 1.82) is 0 Å². The molecule has 1 N–H and O–H groups in total. The Morgan fingerprint density at radius 1 is 1.14 bits per heavy atom. The number of amides is 1. The van der Waals surface area contributed by atoms with Crippen LogP contribution in [-0.2, 0) is 14.3 Å². The van der Waals surface area contributed by atoms with Gasteiger partial charge in [-0.25, -0.2) is 4.79 Å². The van der Waals surface area contributed by atoms with Crippen molar-refractivity contribution >= 4 is 33.5 Å². The van der Waals surface area contributed by atoms with Gasteiger partial charge in [0.25, 0.3) is 0 Å². The lowest BCUT2D eigenvalue weighted by Crippen LogP contribution is -2.10. The lowest BCUT2D eigenvalue weighted by atomic mass is 10.2. The number of ether oxygens (including phenoxy) is 1. The van der Waals surface area contributed by atoms with Gasteiger partial charge in [0.15, 0.2) is 0 Å².